The second-order valence-electron chi connectivity index (χ2n) is 5.96. The number of hydrogen-bond acceptors (Lipinski definition) is 2. The van der Waals surface area contributed by atoms with E-state index in [0.29, 0.717) is 23.2 Å². The van der Waals surface area contributed by atoms with Gasteiger partial charge in [-0.05, 0) is 55.7 Å². The molecule has 3 unspecified atom stereocenters. The zero-order valence-electron chi connectivity index (χ0n) is 12.1. The van der Waals surface area contributed by atoms with Crippen molar-refractivity contribution in [3.63, 3.8) is 0 Å². The summed E-state index contributed by atoms with van der Waals surface area (Å²) >= 11 is 0. The highest BCUT2D eigenvalue weighted by Crippen LogP contribution is 2.29. The van der Waals surface area contributed by atoms with Crippen LogP contribution in [0.15, 0.2) is 18.2 Å². The van der Waals surface area contributed by atoms with Gasteiger partial charge in [0.1, 0.15) is 0 Å². The highest BCUT2D eigenvalue weighted by Gasteiger charge is 2.26. The van der Waals surface area contributed by atoms with Crippen LogP contribution in [0.2, 0.25) is 0 Å². The molecule has 1 aliphatic rings. The molecular formula is C16H24N2O. The van der Waals surface area contributed by atoms with Crippen LogP contribution in [0.3, 0.4) is 0 Å². The Balaban J connectivity index is 2.03. The average Bonchev–Trinajstić information content (AvgIpc) is 2.37. The standard InChI is InChI=1S/C16H24N2O/c1-10-7-8-13(9-11(10)2)18-16(19)14-5-4-6-15(17)12(14)3/h4-6,10-11,13H,7-9,17H2,1-3H3,(H,18,19). The minimum absolute atomic E-state index is 0.0107. The van der Waals surface area contributed by atoms with Crippen LogP contribution in [0.25, 0.3) is 0 Å². The van der Waals surface area contributed by atoms with Crippen LogP contribution >= 0.6 is 0 Å². The van der Waals surface area contributed by atoms with E-state index in [9.17, 15) is 4.79 Å². The first-order valence-electron chi connectivity index (χ1n) is 7.15. The molecule has 0 radical (unpaired) electrons. The van der Waals surface area contributed by atoms with Gasteiger partial charge in [0.05, 0.1) is 0 Å². The molecule has 1 fully saturated rings. The first kappa shape index (κ1) is 13.9. The van der Waals surface area contributed by atoms with Gasteiger partial charge in [-0.3, -0.25) is 4.79 Å². The quantitative estimate of drug-likeness (QED) is 0.803. The molecule has 1 amide bonds. The van der Waals surface area contributed by atoms with Crippen molar-refractivity contribution in [2.45, 2.75) is 46.1 Å². The summed E-state index contributed by atoms with van der Waals surface area (Å²) in [6.45, 7) is 6.47. The molecule has 104 valence electrons. The molecular weight excluding hydrogens is 236 g/mol. The van der Waals surface area contributed by atoms with Crippen molar-refractivity contribution in [1.29, 1.82) is 0 Å². The van der Waals surface area contributed by atoms with E-state index in [4.69, 9.17) is 5.73 Å². The van der Waals surface area contributed by atoms with Crippen molar-refractivity contribution in [3.05, 3.63) is 29.3 Å². The highest BCUT2D eigenvalue weighted by atomic mass is 16.1. The number of benzene rings is 1. The van der Waals surface area contributed by atoms with Crippen LogP contribution in [0.4, 0.5) is 5.69 Å². The van der Waals surface area contributed by atoms with Crippen molar-refractivity contribution in [2.75, 3.05) is 5.73 Å². The first-order valence-corrected chi connectivity index (χ1v) is 7.15. The summed E-state index contributed by atoms with van der Waals surface area (Å²) in [5, 5.41) is 3.16. The Labute approximate surface area is 115 Å². The van der Waals surface area contributed by atoms with Gasteiger partial charge in [0, 0.05) is 17.3 Å². The summed E-state index contributed by atoms with van der Waals surface area (Å²) < 4.78 is 0. The van der Waals surface area contributed by atoms with E-state index >= 15 is 0 Å². The van der Waals surface area contributed by atoms with E-state index in [1.165, 1.54) is 6.42 Å². The Hall–Kier alpha value is -1.51. The van der Waals surface area contributed by atoms with Crippen molar-refractivity contribution in [1.82, 2.24) is 5.32 Å². The Morgan fingerprint density at radius 2 is 2.00 bits per heavy atom. The third-order valence-corrected chi connectivity index (χ3v) is 4.55. The molecule has 0 aromatic heterocycles. The Kier molecular flexibility index (Phi) is 4.13. The summed E-state index contributed by atoms with van der Waals surface area (Å²) in [6.07, 6.45) is 3.36. The smallest absolute Gasteiger partial charge is 0.251 e. The monoisotopic (exact) mass is 260 g/mol. The van der Waals surface area contributed by atoms with Gasteiger partial charge in [0.2, 0.25) is 0 Å². The topological polar surface area (TPSA) is 55.1 Å². The summed E-state index contributed by atoms with van der Waals surface area (Å²) in [6, 6.07) is 5.81. The van der Waals surface area contributed by atoms with E-state index in [0.717, 1.165) is 24.3 Å². The van der Waals surface area contributed by atoms with Gasteiger partial charge in [-0.25, -0.2) is 0 Å². The van der Waals surface area contributed by atoms with Crippen LogP contribution < -0.4 is 11.1 Å². The lowest BCUT2D eigenvalue weighted by Gasteiger charge is -2.32. The molecule has 1 saturated carbocycles. The number of nitrogen functional groups attached to an aromatic ring is 1. The van der Waals surface area contributed by atoms with Gasteiger partial charge in [-0.1, -0.05) is 19.9 Å². The fourth-order valence-corrected chi connectivity index (χ4v) is 2.84. The molecule has 3 heteroatoms. The second kappa shape index (κ2) is 5.64. The average molecular weight is 260 g/mol. The van der Waals surface area contributed by atoms with Crippen LogP contribution in [0.1, 0.15) is 49.0 Å². The summed E-state index contributed by atoms with van der Waals surface area (Å²) in [5.74, 6) is 1.46. The largest absolute Gasteiger partial charge is 0.398 e. The van der Waals surface area contributed by atoms with Gasteiger partial charge in [-0.15, -0.1) is 0 Å². The summed E-state index contributed by atoms with van der Waals surface area (Å²) in [5.41, 5.74) is 8.10. The molecule has 3 nitrogen and oxygen atoms in total. The van der Waals surface area contributed by atoms with Crippen molar-refractivity contribution in [2.24, 2.45) is 11.8 Å². The van der Waals surface area contributed by atoms with Crippen molar-refractivity contribution < 1.29 is 4.79 Å². The lowest BCUT2D eigenvalue weighted by molar-refractivity contribution is 0.0910. The number of carbonyl (C=O) groups excluding carboxylic acids is 1. The van der Waals surface area contributed by atoms with Crippen molar-refractivity contribution in [3.8, 4) is 0 Å². The fraction of sp³-hybridized carbons (Fsp3) is 0.562. The maximum atomic E-state index is 12.3. The van der Waals surface area contributed by atoms with Gasteiger partial charge >= 0.3 is 0 Å². The van der Waals surface area contributed by atoms with E-state index in [1.807, 2.05) is 25.1 Å². The maximum absolute atomic E-state index is 12.3. The zero-order valence-corrected chi connectivity index (χ0v) is 12.1. The van der Waals surface area contributed by atoms with Gasteiger partial charge in [-0.2, -0.15) is 0 Å². The van der Waals surface area contributed by atoms with Crippen LogP contribution in [-0.4, -0.2) is 11.9 Å². The molecule has 19 heavy (non-hydrogen) atoms. The predicted octanol–water partition coefficient (Wildman–Crippen LogP) is 3.13. The SMILES string of the molecule is Cc1c(N)cccc1C(=O)NC1CCC(C)C(C)C1. The number of hydrogen-bond donors (Lipinski definition) is 2. The molecule has 1 aromatic carbocycles. The molecule has 3 N–H and O–H groups in total. The van der Waals surface area contributed by atoms with E-state index in [2.05, 4.69) is 19.2 Å². The summed E-state index contributed by atoms with van der Waals surface area (Å²) in [4.78, 5) is 12.3. The fourth-order valence-electron chi connectivity index (χ4n) is 2.84. The lowest BCUT2D eigenvalue weighted by Crippen LogP contribution is -2.40. The minimum atomic E-state index is 0.0107. The molecule has 0 spiro atoms. The van der Waals surface area contributed by atoms with Gasteiger partial charge in [0.25, 0.3) is 5.91 Å². The zero-order chi connectivity index (χ0) is 14.0. The predicted molar refractivity (Wildman–Crippen MR) is 79.0 cm³/mol. The maximum Gasteiger partial charge on any atom is 0.251 e. The Morgan fingerprint density at radius 3 is 2.68 bits per heavy atom. The van der Waals surface area contributed by atoms with E-state index < -0.39 is 0 Å². The molecule has 1 aliphatic carbocycles. The van der Waals surface area contributed by atoms with E-state index in [-0.39, 0.29) is 5.91 Å². The van der Waals surface area contributed by atoms with Gasteiger partial charge < -0.3 is 11.1 Å². The van der Waals surface area contributed by atoms with Crippen LogP contribution in [0, 0.1) is 18.8 Å². The molecule has 0 saturated heterocycles. The Bertz CT molecular complexity index is 470. The number of carbonyl (C=O) groups is 1. The van der Waals surface area contributed by atoms with E-state index in [1.54, 1.807) is 0 Å². The highest BCUT2D eigenvalue weighted by molar-refractivity contribution is 5.97. The van der Waals surface area contributed by atoms with Crippen molar-refractivity contribution >= 4 is 11.6 Å². The second-order valence-corrected chi connectivity index (χ2v) is 5.96. The normalized spacial score (nSPS) is 27.0. The summed E-state index contributed by atoms with van der Waals surface area (Å²) in [7, 11) is 0. The third kappa shape index (κ3) is 3.09. The third-order valence-electron chi connectivity index (χ3n) is 4.55. The molecule has 0 bridgehead atoms. The molecule has 2 rings (SSSR count). The van der Waals surface area contributed by atoms with Crippen LogP contribution in [-0.2, 0) is 0 Å². The number of nitrogens with two attached hydrogens (primary N) is 1. The first-order chi connectivity index (χ1) is 8.99. The molecule has 0 heterocycles. The number of anilines is 1. The molecule has 3 atom stereocenters. The van der Waals surface area contributed by atoms with Gasteiger partial charge in [0.15, 0.2) is 0 Å². The minimum Gasteiger partial charge on any atom is -0.398 e. The lowest BCUT2D eigenvalue weighted by atomic mass is 9.79. The number of rotatable bonds is 2. The molecule has 1 aromatic rings. The number of amides is 1. The molecule has 0 aliphatic heterocycles. The van der Waals surface area contributed by atoms with Crippen LogP contribution in [0.5, 0.6) is 0 Å². The number of nitrogens with one attached hydrogen (secondary N) is 1. The Morgan fingerprint density at radius 1 is 1.26 bits per heavy atom.